The van der Waals surface area contributed by atoms with E-state index in [1.807, 2.05) is 0 Å². The fourth-order valence-electron chi connectivity index (χ4n) is 10.5. The second kappa shape index (κ2) is 12.6. The van der Waals surface area contributed by atoms with Gasteiger partial charge in [0.2, 0.25) is 0 Å². The van der Waals surface area contributed by atoms with Crippen LogP contribution in [0.25, 0.3) is 6.08 Å². The Morgan fingerprint density at radius 2 is 1.71 bits per heavy atom. The molecule has 0 unspecified atom stereocenters. The third-order valence-corrected chi connectivity index (χ3v) is 13.5. The van der Waals surface area contributed by atoms with Crippen LogP contribution in [-0.4, -0.2) is 24.3 Å². The number of carbonyl (C=O) groups is 1. The first-order chi connectivity index (χ1) is 20.0. The number of aromatic hydroxyl groups is 1. The highest BCUT2D eigenvalue weighted by atomic mass is 16.5. The predicted octanol–water partition coefficient (Wildman–Crippen LogP) is 9.69. The minimum absolute atomic E-state index is 0.0185. The van der Waals surface area contributed by atoms with E-state index in [9.17, 15) is 9.90 Å². The molecule has 0 aromatic heterocycles. The highest BCUT2D eigenvalue weighted by Gasteiger charge is 2.60. The van der Waals surface area contributed by atoms with E-state index in [0.717, 1.165) is 59.8 Å². The Labute approximate surface area is 256 Å². The summed E-state index contributed by atoms with van der Waals surface area (Å²) >= 11 is 0. The van der Waals surface area contributed by atoms with E-state index < -0.39 is 0 Å². The normalized spacial score (nSPS) is 37.5. The van der Waals surface area contributed by atoms with E-state index in [-0.39, 0.29) is 17.8 Å². The number of phenols is 1. The Balaban J connectivity index is 1.18. The van der Waals surface area contributed by atoms with Crippen molar-refractivity contribution in [2.45, 2.75) is 118 Å². The molecule has 0 saturated heterocycles. The van der Waals surface area contributed by atoms with E-state index in [4.69, 9.17) is 9.47 Å². The molecule has 4 aliphatic rings. The monoisotopic (exact) mass is 578 g/mol. The lowest BCUT2D eigenvalue weighted by Crippen LogP contribution is -2.54. The molecule has 5 rings (SSSR count). The van der Waals surface area contributed by atoms with E-state index in [1.165, 1.54) is 71.0 Å². The average molecular weight is 579 g/mol. The molecule has 4 nitrogen and oxygen atoms in total. The summed E-state index contributed by atoms with van der Waals surface area (Å²) in [7, 11) is 1.52. The molecule has 4 heteroatoms. The van der Waals surface area contributed by atoms with Gasteiger partial charge in [0.1, 0.15) is 6.10 Å². The first kappa shape index (κ1) is 31.5. The summed E-state index contributed by atoms with van der Waals surface area (Å²) < 4.78 is 11.2. The maximum atomic E-state index is 12.7. The topological polar surface area (TPSA) is 55.8 Å². The molecular formula is C38H58O4. The lowest BCUT2D eigenvalue weighted by atomic mass is 9.44. The molecule has 0 radical (unpaired) electrons. The second-order valence-electron chi connectivity index (χ2n) is 15.8. The third-order valence-electron chi connectivity index (χ3n) is 13.5. The van der Waals surface area contributed by atoms with Crippen LogP contribution in [0.1, 0.15) is 118 Å². The number of phenolic OH excluding ortho intramolecular Hbond substituents is 1. The zero-order valence-corrected chi connectivity index (χ0v) is 27.5. The Kier molecular flexibility index (Phi) is 9.41. The summed E-state index contributed by atoms with van der Waals surface area (Å²) in [5, 5.41) is 9.82. The van der Waals surface area contributed by atoms with Crippen LogP contribution in [0.4, 0.5) is 0 Å². The first-order valence-electron chi connectivity index (χ1n) is 17.2. The van der Waals surface area contributed by atoms with Crippen molar-refractivity contribution in [2.75, 3.05) is 7.11 Å². The minimum Gasteiger partial charge on any atom is -0.504 e. The van der Waals surface area contributed by atoms with Gasteiger partial charge in [-0.25, -0.2) is 4.79 Å². The van der Waals surface area contributed by atoms with Crippen LogP contribution in [0, 0.1) is 58.2 Å². The summed E-state index contributed by atoms with van der Waals surface area (Å²) in [6.45, 7) is 15.1. The molecular weight excluding hydrogens is 520 g/mol. The van der Waals surface area contributed by atoms with Gasteiger partial charge in [-0.1, -0.05) is 60.5 Å². The lowest BCUT2D eigenvalue weighted by Gasteiger charge is -2.61. The van der Waals surface area contributed by atoms with Crippen molar-refractivity contribution in [2.24, 2.45) is 58.2 Å². The lowest BCUT2D eigenvalue weighted by molar-refractivity contribution is -0.157. The number of hydrogen-bond acceptors (Lipinski definition) is 4. The fourth-order valence-corrected chi connectivity index (χ4v) is 10.5. The van der Waals surface area contributed by atoms with Crippen LogP contribution in [0.5, 0.6) is 11.5 Å². The van der Waals surface area contributed by atoms with Crippen molar-refractivity contribution in [1.29, 1.82) is 0 Å². The van der Waals surface area contributed by atoms with Crippen LogP contribution in [-0.2, 0) is 9.53 Å². The van der Waals surface area contributed by atoms with Crippen molar-refractivity contribution in [3.8, 4) is 11.5 Å². The van der Waals surface area contributed by atoms with Crippen LogP contribution >= 0.6 is 0 Å². The number of esters is 1. The second-order valence-corrected chi connectivity index (χ2v) is 15.8. The van der Waals surface area contributed by atoms with Crippen molar-refractivity contribution < 1.29 is 19.4 Å². The highest BCUT2D eigenvalue weighted by molar-refractivity contribution is 5.87. The molecule has 0 spiro atoms. The third kappa shape index (κ3) is 6.03. The summed E-state index contributed by atoms with van der Waals surface area (Å²) in [5.41, 5.74) is 1.72. The number of benzene rings is 1. The molecule has 10 atom stereocenters. The van der Waals surface area contributed by atoms with Gasteiger partial charge >= 0.3 is 5.97 Å². The molecule has 0 heterocycles. The van der Waals surface area contributed by atoms with Crippen LogP contribution in [0.2, 0.25) is 0 Å². The predicted molar refractivity (Wildman–Crippen MR) is 171 cm³/mol. The highest BCUT2D eigenvalue weighted by Crippen LogP contribution is 2.68. The van der Waals surface area contributed by atoms with E-state index >= 15 is 0 Å². The standard InChI is InChI=1S/C38H58O4/c1-24(2)25(3)8-9-26(4)31-14-15-32-30-13-12-28-23-29(18-20-37(28,5)33(30)19-21-38(31,32)6)42-36(40)17-11-27-10-16-34(39)35(22-27)41-7/h10-11,16-17,22,24-26,28-33,39H,8-9,12-15,18-21,23H2,1-7H3/t25-,26+,28-,29-,30-,31+,32-,33-,37-,38+/m0/s1. The molecule has 42 heavy (non-hydrogen) atoms. The van der Waals surface area contributed by atoms with Gasteiger partial charge in [-0.05, 0) is 140 Å². The largest absolute Gasteiger partial charge is 0.504 e. The van der Waals surface area contributed by atoms with Gasteiger partial charge in [0.05, 0.1) is 7.11 Å². The zero-order valence-electron chi connectivity index (χ0n) is 27.5. The smallest absolute Gasteiger partial charge is 0.331 e. The Bertz CT molecular complexity index is 1120. The van der Waals surface area contributed by atoms with Crippen LogP contribution in [0.3, 0.4) is 0 Å². The molecule has 1 N–H and O–H groups in total. The number of hydrogen-bond donors (Lipinski definition) is 1. The van der Waals surface area contributed by atoms with Gasteiger partial charge in [0, 0.05) is 6.08 Å². The molecule has 0 amide bonds. The number of carbonyl (C=O) groups excluding carboxylic acids is 1. The van der Waals surface area contributed by atoms with Gasteiger partial charge in [-0.15, -0.1) is 0 Å². The average Bonchev–Trinajstić information content (AvgIpc) is 3.32. The van der Waals surface area contributed by atoms with E-state index in [1.54, 1.807) is 24.3 Å². The summed E-state index contributed by atoms with van der Waals surface area (Å²) in [6, 6.07) is 5.07. The maximum Gasteiger partial charge on any atom is 0.331 e. The van der Waals surface area contributed by atoms with Gasteiger partial charge in [-0.3, -0.25) is 0 Å². The number of fused-ring (bicyclic) bond motifs is 5. The van der Waals surface area contributed by atoms with Crippen molar-refractivity contribution >= 4 is 12.0 Å². The van der Waals surface area contributed by atoms with Crippen molar-refractivity contribution in [3.05, 3.63) is 29.8 Å². The minimum atomic E-state index is -0.272. The van der Waals surface area contributed by atoms with Crippen molar-refractivity contribution in [3.63, 3.8) is 0 Å². The maximum absolute atomic E-state index is 12.7. The summed E-state index contributed by atoms with van der Waals surface area (Å²) in [6.07, 6.45) is 17.6. The van der Waals surface area contributed by atoms with Gasteiger partial charge in [0.25, 0.3) is 0 Å². The fraction of sp³-hybridized carbons (Fsp3) is 0.763. The molecule has 4 aliphatic carbocycles. The van der Waals surface area contributed by atoms with Gasteiger partial charge in [0.15, 0.2) is 11.5 Å². The summed E-state index contributed by atoms with van der Waals surface area (Å²) in [5.74, 6) is 6.88. The van der Waals surface area contributed by atoms with E-state index in [2.05, 4.69) is 41.5 Å². The molecule has 4 fully saturated rings. The van der Waals surface area contributed by atoms with Crippen molar-refractivity contribution in [1.82, 2.24) is 0 Å². The number of rotatable bonds is 9. The van der Waals surface area contributed by atoms with Gasteiger partial charge < -0.3 is 14.6 Å². The molecule has 4 saturated carbocycles. The molecule has 1 aromatic carbocycles. The number of methoxy groups -OCH3 is 1. The van der Waals surface area contributed by atoms with Crippen LogP contribution < -0.4 is 4.74 Å². The Morgan fingerprint density at radius 1 is 0.976 bits per heavy atom. The SMILES string of the molecule is COc1cc(C=CC(=O)O[C@H]2CC[C@@]3(C)[C@@H](CC[C@@H]4[C@@H]3CC[C@]3(C)[C@@H]([C@H](C)CC[C@H](C)C(C)C)CC[C@@H]43)C2)ccc1O. The molecule has 0 aliphatic heterocycles. The quantitative estimate of drug-likeness (QED) is 0.234. The van der Waals surface area contributed by atoms with Gasteiger partial charge in [-0.2, -0.15) is 0 Å². The molecule has 234 valence electrons. The van der Waals surface area contributed by atoms with Crippen LogP contribution in [0.15, 0.2) is 24.3 Å². The Morgan fingerprint density at radius 3 is 2.45 bits per heavy atom. The number of ether oxygens (including phenoxy) is 2. The zero-order chi connectivity index (χ0) is 30.2. The van der Waals surface area contributed by atoms with E-state index in [0.29, 0.717) is 22.5 Å². The first-order valence-corrected chi connectivity index (χ1v) is 17.2. The molecule has 1 aromatic rings. The molecule has 0 bridgehead atoms. The summed E-state index contributed by atoms with van der Waals surface area (Å²) in [4.78, 5) is 12.7. The Hall–Kier alpha value is -1.97.